The van der Waals surface area contributed by atoms with Crippen molar-refractivity contribution >= 4 is 11.6 Å². The Kier molecular flexibility index (Phi) is 15.0. The summed E-state index contributed by atoms with van der Waals surface area (Å²) in [7, 11) is 1.68. The summed E-state index contributed by atoms with van der Waals surface area (Å²) in [6.07, 6.45) is 9.75. The van der Waals surface area contributed by atoms with Crippen LogP contribution < -0.4 is 15.8 Å². The fraction of sp³-hybridized carbons (Fsp3) is 0.516. The maximum Gasteiger partial charge on any atom is 0.226 e. The fourth-order valence-electron chi connectivity index (χ4n) is 4.58. The number of hydrogen-bond donors (Lipinski definition) is 2. The van der Waals surface area contributed by atoms with Gasteiger partial charge in [0.2, 0.25) is 5.91 Å². The van der Waals surface area contributed by atoms with Crippen molar-refractivity contribution in [2.75, 3.05) is 38.7 Å². The SMILES string of the molecule is C/C=C(\C=C/CC(=O)N1CCC2(CC1)Nc1cc(OC)ccc1-n1cccc12)OCCN.CC.CC.CC. The minimum Gasteiger partial charge on any atom is -0.497 e. The summed E-state index contributed by atoms with van der Waals surface area (Å²) in [5.41, 5.74) is 8.72. The zero-order chi connectivity index (χ0) is 28.6. The Balaban J connectivity index is 0.00000112. The first-order valence-electron chi connectivity index (χ1n) is 14.2. The van der Waals surface area contributed by atoms with Crippen LogP contribution in [0.2, 0.25) is 0 Å². The number of carbonyl (C=O) groups is 1. The molecule has 7 nitrogen and oxygen atoms in total. The van der Waals surface area contributed by atoms with Crippen LogP contribution in [0.25, 0.3) is 5.69 Å². The van der Waals surface area contributed by atoms with Crippen molar-refractivity contribution in [2.24, 2.45) is 5.73 Å². The number of nitrogens with one attached hydrogen (secondary N) is 1. The van der Waals surface area contributed by atoms with Crippen molar-refractivity contribution in [3.63, 3.8) is 0 Å². The molecule has 1 amide bonds. The predicted octanol–water partition coefficient (Wildman–Crippen LogP) is 6.63. The number of nitrogens with two attached hydrogens (primary N) is 1. The number of aromatic nitrogens is 1. The molecule has 0 saturated carbocycles. The molecular weight excluding hydrogens is 476 g/mol. The minimum absolute atomic E-state index is 0.138. The highest BCUT2D eigenvalue weighted by Crippen LogP contribution is 2.44. The number of benzene rings is 1. The van der Waals surface area contributed by atoms with E-state index in [9.17, 15) is 4.79 Å². The minimum atomic E-state index is -0.191. The summed E-state index contributed by atoms with van der Waals surface area (Å²) in [5.74, 6) is 1.71. The van der Waals surface area contributed by atoms with E-state index in [4.69, 9.17) is 15.2 Å². The summed E-state index contributed by atoms with van der Waals surface area (Å²) in [6.45, 7) is 16.3. The predicted molar refractivity (Wildman–Crippen MR) is 160 cm³/mol. The summed E-state index contributed by atoms with van der Waals surface area (Å²) in [6, 6.07) is 10.4. The maximum atomic E-state index is 12.8. The molecule has 1 saturated heterocycles. The standard InChI is InChI=1S/C25H32N4O3.3C2H6/c1-3-19(32-17-13-26)6-4-8-24(30)28-15-11-25(12-16-28)23-7-5-14-29(23)22-10-9-20(31-2)18-21(22)27-25;3*1-2/h3-7,9-10,14,18,27H,8,11-13,15-17,26H2,1-2H3;3*1-2H3/b6-4-,19-3+;;;. The van der Waals surface area contributed by atoms with Gasteiger partial charge < -0.3 is 30.0 Å². The third kappa shape index (κ3) is 7.90. The molecule has 38 heavy (non-hydrogen) atoms. The molecule has 0 aliphatic carbocycles. The Bertz CT molecular complexity index is 1020. The molecule has 1 spiro atoms. The lowest BCUT2D eigenvalue weighted by Crippen LogP contribution is -2.51. The van der Waals surface area contributed by atoms with Gasteiger partial charge >= 0.3 is 0 Å². The second kappa shape index (κ2) is 17.3. The number of piperidine rings is 1. The van der Waals surface area contributed by atoms with Gasteiger partial charge in [0, 0.05) is 44.0 Å². The van der Waals surface area contributed by atoms with Crippen LogP contribution in [0.3, 0.4) is 0 Å². The number of anilines is 1. The van der Waals surface area contributed by atoms with Gasteiger partial charge in [-0.2, -0.15) is 0 Å². The van der Waals surface area contributed by atoms with E-state index in [-0.39, 0.29) is 11.4 Å². The average Bonchev–Trinajstić information content (AvgIpc) is 3.49. The number of nitrogens with zero attached hydrogens (tertiary/aromatic N) is 2. The van der Waals surface area contributed by atoms with Crippen LogP contribution in [-0.2, 0) is 15.1 Å². The van der Waals surface area contributed by atoms with Crippen LogP contribution in [-0.4, -0.2) is 48.7 Å². The lowest BCUT2D eigenvalue weighted by molar-refractivity contribution is -0.131. The Hall–Kier alpha value is -3.19. The Labute approximate surface area is 230 Å². The first kappa shape index (κ1) is 32.8. The number of carbonyl (C=O) groups excluding carboxylic acids is 1. The molecule has 3 heterocycles. The molecular formula is C31H50N4O3. The molecule has 4 rings (SSSR count). The largest absolute Gasteiger partial charge is 0.497 e. The zero-order valence-electron chi connectivity index (χ0n) is 24.8. The molecule has 3 N–H and O–H groups in total. The Morgan fingerprint density at radius 2 is 1.79 bits per heavy atom. The summed E-state index contributed by atoms with van der Waals surface area (Å²) >= 11 is 0. The average molecular weight is 527 g/mol. The first-order valence-corrected chi connectivity index (χ1v) is 14.2. The van der Waals surface area contributed by atoms with Crippen LogP contribution in [0.1, 0.15) is 73.4 Å². The Morgan fingerprint density at radius 1 is 1.11 bits per heavy atom. The molecule has 2 aromatic rings. The van der Waals surface area contributed by atoms with Crippen molar-refractivity contribution < 1.29 is 14.3 Å². The van der Waals surface area contributed by atoms with Gasteiger partial charge in [-0.15, -0.1) is 0 Å². The highest BCUT2D eigenvalue weighted by molar-refractivity contribution is 5.78. The lowest BCUT2D eigenvalue weighted by atomic mass is 9.82. The first-order chi connectivity index (χ1) is 18.6. The summed E-state index contributed by atoms with van der Waals surface area (Å²) < 4.78 is 13.2. The molecule has 212 valence electrons. The van der Waals surface area contributed by atoms with Crippen molar-refractivity contribution in [2.45, 2.75) is 73.3 Å². The van der Waals surface area contributed by atoms with Crippen molar-refractivity contribution in [1.82, 2.24) is 9.47 Å². The van der Waals surface area contributed by atoms with E-state index < -0.39 is 0 Å². The molecule has 1 aromatic heterocycles. The second-order valence-electron chi connectivity index (χ2n) is 8.17. The molecule has 0 radical (unpaired) electrons. The monoisotopic (exact) mass is 526 g/mol. The van der Waals surface area contributed by atoms with Gasteiger partial charge in [-0.3, -0.25) is 4.79 Å². The number of fused-ring (bicyclic) bond motifs is 4. The van der Waals surface area contributed by atoms with Gasteiger partial charge in [-0.1, -0.05) is 47.6 Å². The van der Waals surface area contributed by atoms with Crippen LogP contribution in [0, 0.1) is 0 Å². The molecule has 1 fully saturated rings. The number of methoxy groups -OCH3 is 1. The highest BCUT2D eigenvalue weighted by atomic mass is 16.5. The quantitative estimate of drug-likeness (QED) is 0.312. The number of amides is 1. The van der Waals surface area contributed by atoms with Crippen LogP contribution in [0.4, 0.5) is 5.69 Å². The van der Waals surface area contributed by atoms with Gasteiger partial charge in [0.15, 0.2) is 0 Å². The number of rotatable bonds is 7. The van der Waals surface area contributed by atoms with E-state index in [0.29, 0.717) is 32.7 Å². The molecule has 2 aliphatic heterocycles. The second-order valence-corrected chi connectivity index (χ2v) is 8.17. The fourth-order valence-corrected chi connectivity index (χ4v) is 4.58. The van der Waals surface area contributed by atoms with Crippen molar-refractivity contribution in [3.8, 4) is 11.4 Å². The van der Waals surface area contributed by atoms with Gasteiger partial charge in [0.1, 0.15) is 18.1 Å². The number of hydrogen-bond acceptors (Lipinski definition) is 5. The smallest absolute Gasteiger partial charge is 0.226 e. The molecule has 2 aliphatic rings. The van der Waals surface area contributed by atoms with E-state index in [0.717, 1.165) is 35.7 Å². The van der Waals surface area contributed by atoms with Crippen molar-refractivity contribution in [3.05, 3.63) is 66.2 Å². The van der Waals surface area contributed by atoms with Gasteiger partial charge in [-0.25, -0.2) is 0 Å². The normalized spacial score (nSPS) is 14.9. The van der Waals surface area contributed by atoms with Crippen LogP contribution in [0.5, 0.6) is 5.75 Å². The van der Waals surface area contributed by atoms with Crippen LogP contribution >= 0.6 is 0 Å². The molecule has 0 unspecified atom stereocenters. The summed E-state index contributed by atoms with van der Waals surface area (Å²) in [5, 5.41) is 3.79. The Morgan fingerprint density at radius 3 is 2.39 bits per heavy atom. The number of likely N-dealkylation sites (tertiary alicyclic amines) is 1. The van der Waals surface area contributed by atoms with E-state index >= 15 is 0 Å². The zero-order valence-corrected chi connectivity index (χ0v) is 24.8. The van der Waals surface area contributed by atoms with Crippen molar-refractivity contribution in [1.29, 1.82) is 0 Å². The third-order valence-corrected chi connectivity index (χ3v) is 6.29. The maximum absolute atomic E-state index is 12.8. The van der Waals surface area contributed by atoms with Gasteiger partial charge in [-0.05, 0) is 56.2 Å². The molecule has 7 heteroatoms. The van der Waals surface area contributed by atoms with Gasteiger partial charge in [0.25, 0.3) is 0 Å². The van der Waals surface area contributed by atoms with E-state index in [1.165, 1.54) is 5.69 Å². The lowest BCUT2D eigenvalue weighted by Gasteiger charge is -2.46. The summed E-state index contributed by atoms with van der Waals surface area (Å²) in [4.78, 5) is 14.7. The molecule has 0 bridgehead atoms. The van der Waals surface area contributed by atoms with E-state index in [2.05, 4.69) is 34.3 Å². The van der Waals surface area contributed by atoms with Gasteiger partial charge in [0.05, 0.1) is 24.0 Å². The molecule has 0 atom stereocenters. The highest BCUT2D eigenvalue weighted by Gasteiger charge is 2.42. The third-order valence-electron chi connectivity index (χ3n) is 6.29. The topological polar surface area (TPSA) is 81.8 Å². The number of ether oxygens (including phenoxy) is 2. The number of allylic oxidation sites excluding steroid dienone is 2. The van der Waals surface area contributed by atoms with E-state index in [1.54, 1.807) is 7.11 Å². The van der Waals surface area contributed by atoms with E-state index in [1.807, 2.05) is 83.7 Å². The van der Waals surface area contributed by atoms with Crippen LogP contribution in [0.15, 0.2) is 60.5 Å². The molecule has 1 aromatic carbocycles.